The third-order valence-corrected chi connectivity index (χ3v) is 3.94. The summed E-state index contributed by atoms with van der Waals surface area (Å²) >= 11 is 3.48. The molecule has 0 saturated heterocycles. The van der Waals surface area contributed by atoms with Gasteiger partial charge in [0.15, 0.2) is 0 Å². The Morgan fingerprint density at radius 2 is 1.30 bits per heavy atom. The number of benzene rings is 3. The van der Waals surface area contributed by atoms with Crippen LogP contribution in [0.1, 0.15) is 11.1 Å². The topological polar surface area (TPSA) is 0 Å². The van der Waals surface area contributed by atoms with E-state index in [9.17, 15) is 0 Å². The lowest BCUT2D eigenvalue weighted by Crippen LogP contribution is -1.92. The van der Waals surface area contributed by atoms with Crippen LogP contribution in [0.3, 0.4) is 0 Å². The summed E-state index contributed by atoms with van der Waals surface area (Å²) in [6.45, 7) is 0. The van der Waals surface area contributed by atoms with E-state index < -0.39 is 0 Å². The maximum Gasteiger partial charge on any atom is 0.0175 e. The van der Waals surface area contributed by atoms with Gasteiger partial charge in [-0.1, -0.05) is 82.7 Å². The van der Waals surface area contributed by atoms with Crippen molar-refractivity contribution < 1.29 is 0 Å². The minimum Gasteiger partial charge on any atom is -0.0622 e. The molecule has 3 rings (SSSR count). The van der Waals surface area contributed by atoms with E-state index in [0.29, 0.717) is 0 Å². The quantitative estimate of drug-likeness (QED) is 0.579. The van der Waals surface area contributed by atoms with Crippen LogP contribution in [-0.2, 0) is 6.42 Å². The Bertz CT molecular complexity index is 684. The Kier molecular flexibility index (Phi) is 3.98. The van der Waals surface area contributed by atoms with Crippen LogP contribution in [0.5, 0.6) is 0 Å². The molecule has 0 saturated carbocycles. The zero-order valence-corrected chi connectivity index (χ0v) is 12.7. The first kappa shape index (κ1) is 13.1. The second-order valence-electron chi connectivity index (χ2n) is 4.83. The molecule has 0 radical (unpaired) electrons. The predicted molar refractivity (Wildman–Crippen MR) is 88.8 cm³/mol. The van der Waals surface area contributed by atoms with E-state index in [-0.39, 0.29) is 0 Å². The van der Waals surface area contributed by atoms with Crippen molar-refractivity contribution in [2.45, 2.75) is 6.42 Å². The highest BCUT2D eigenvalue weighted by Crippen LogP contribution is 2.25. The van der Waals surface area contributed by atoms with Crippen LogP contribution in [0, 0.1) is 0 Å². The molecule has 0 atom stereocenters. The van der Waals surface area contributed by atoms with Crippen molar-refractivity contribution in [3.8, 4) is 11.1 Å². The summed E-state index contributed by atoms with van der Waals surface area (Å²) in [5.41, 5.74) is 5.29. The van der Waals surface area contributed by atoms with Gasteiger partial charge in [-0.2, -0.15) is 0 Å². The summed E-state index contributed by atoms with van der Waals surface area (Å²) in [6, 6.07) is 27.7. The molecule has 0 fully saturated rings. The van der Waals surface area contributed by atoms with Crippen LogP contribution >= 0.6 is 15.9 Å². The van der Waals surface area contributed by atoms with E-state index >= 15 is 0 Å². The third-order valence-electron chi connectivity index (χ3n) is 3.41. The van der Waals surface area contributed by atoms with E-state index in [1.165, 1.54) is 22.3 Å². The van der Waals surface area contributed by atoms with Gasteiger partial charge in [-0.15, -0.1) is 0 Å². The van der Waals surface area contributed by atoms with Gasteiger partial charge in [-0.05, 0) is 40.8 Å². The third kappa shape index (κ3) is 3.00. The van der Waals surface area contributed by atoms with Gasteiger partial charge < -0.3 is 0 Å². The van der Waals surface area contributed by atoms with Gasteiger partial charge in [0, 0.05) is 4.47 Å². The summed E-state index contributed by atoms with van der Waals surface area (Å²) in [7, 11) is 0. The standard InChI is InChI=1S/C19H15Br/c20-18-12-10-15(11-13-18)14-17-8-4-5-9-19(17)16-6-2-1-3-7-16/h1-13H,14H2. The zero-order chi connectivity index (χ0) is 13.8. The molecule has 0 unspecified atom stereocenters. The zero-order valence-electron chi connectivity index (χ0n) is 11.1. The summed E-state index contributed by atoms with van der Waals surface area (Å²) in [6.07, 6.45) is 0.957. The Hall–Kier alpha value is -1.86. The Labute approximate surface area is 128 Å². The van der Waals surface area contributed by atoms with Crippen LogP contribution in [0.25, 0.3) is 11.1 Å². The van der Waals surface area contributed by atoms with Gasteiger partial charge in [0.1, 0.15) is 0 Å². The Morgan fingerprint density at radius 1 is 0.650 bits per heavy atom. The first-order chi connectivity index (χ1) is 9.83. The highest BCUT2D eigenvalue weighted by molar-refractivity contribution is 9.10. The SMILES string of the molecule is Brc1ccc(Cc2ccccc2-c2ccccc2)cc1. The predicted octanol–water partition coefficient (Wildman–Crippen LogP) is 5.71. The minimum atomic E-state index is 0.957. The first-order valence-electron chi connectivity index (χ1n) is 6.71. The van der Waals surface area contributed by atoms with Crippen LogP contribution in [0.4, 0.5) is 0 Å². The van der Waals surface area contributed by atoms with Crippen molar-refractivity contribution in [3.05, 3.63) is 94.5 Å². The molecule has 0 aliphatic rings. The summed E-state index contributed by atoms with van der Waals surface area (Å²) in [5.74, 6) is 0. The van der Waals surface area contributed by atoms with E-state index in [1.54, 1.807) is 0 Å². The van der Waals surface area contributed by atoms with Crippen LogP contribution in [0.15, 0.2) is 83.3 Å². The van der Waals surface area contributed by atoms with E-state index in [4.69, 9.17) is 0 Å². The van der Waals surface area contributed by atoms with Gasteiger partial charge in [-0.3, -0.25) is 0 Å². The fraction of sp³-hybridized carbons (Fsp3) is 0.0526. The fourth-order valence-electron chi connectivity index (χ4n) is 2.40. The molecular weight excluding hydrogens is 308 g/mol. The molecule has 0 aromatic heterocycles. The molecule has 0 heterocycles. The number of hydrogen-bond acceptors (Lipinski definition) is 0. The lowest BCUT2D eigenvalue weighted by molar-refractivity contribution is 1.19. The average molecular weight is 323 g/mol. The van der Waals surface area contributed by atoms with Gasteiger partial charge >= 0.3 is 0 Å². The second kappa shape index (κ2) is 6.06. The smallest absolute Gasteiger partial charge is 0.0175 e. The molecule has 98 valence electrons. The summed E-state index contributed by atoms with van der Waals surface area (Å²) in [5, 5.41) is 0. The van der Waals surface area contributed by atoms with Crippen molar-refractivity contribution in [1.29, 1.82) is 0 Å². The van der Waals surface area contributed by atoms with Gasteiger partial charge in [0.2, 0.25) is 0 Å². The summed E-state index contributed by atoms with van der Waals surface area (Å²) < 4.78 is 1.12. The largest absolute Gasteiger partial charge is 0.0622 e. The molecule has 0 aliphatic heterocycles. The van der Waals surface area contributed by atoms with Crippen molar-refractivity contribution in [1.82, 2.24) is 0 Å². The molecule has 0 spiro atoms. The molecule has 0 amide bonds. The monoisotopic (exact) mass is 322 g/mol. The average Bonchev–Trinajstić information content (AvgIpc) is 2.51. The highest BCUT2D eigenvalue weighted by atomic mass is 79.9. The molecule has 0 aliphatic carbocycles. The number of halogens is 1. The molecule has 0 N–H and O–H groups in total. The molecule has 0 bridgehead atoms. The van der Waals surface area contributed by atoms with Crippen LogP contribution < -0.4 is 0 Å². The first-order valence-corrected chi connectivity index (χ1v) is 7.50. The van der Waals surface area contributed by atoms with E-state index in [2.05, 4.69) is 94.8 Å². The summed E-state index contributed by atoms with van der Waals surface area (Å²) in [4.78, 5) is 0. The fourth-order valence-corrected chi connectivity index (χ4v) is 2.66. The number of rotatable bonds is 3. The van der Waals surface area contributed by atoms with Crippen molar-refractivity contribution in [3.63, 3.8) is 0 Å². The van der Waals surface area contributed by atoms with Gasteiger partial charge in [0.05, 0.1) is 0 Å². The van der Waals surface area contributed by atoms with E-state index in [0.717, 1.165) is 10.9 Å². The van der Waals surface area contributed by atoms with Gasteiger partial charge in [-0.25, -0.2) is 0 Å². The maximum absolute atomic E-state index is 3.48. The molecule has 0 nitrogen and oxygen atoms in total. The lowest BCUT2D eigenvalue weighted by atomic mass is 9.95. The molecule has 20 heavy (non-hydrogen) atoms. The highest BCUT2D eigenvalue weighted by Gasteiger charge is 2.05. The lowest BCUT2D eigenvalue weighted by Gasteiger charge is -2.10. The molecule has 3 aromatic rings. The van der Waals surface area contributed by atoms with Crippen molar-refractivity contribution >= 4 is 15.9 Å². The normalized spacial score (nSPS) is 10.4. The Balaban J connectivity index is 1.96. The Morgan fingerprint density at radius 3 is 2.05 bits per heavy atom. The molecule has 1 heteroatoms. The maximum atomic E-state index is 3.48. The number of hydrogen-bond donors (Lipinski definition) is 0. The second-order valence-corrected chi connectivity index (χ2v) is 5.74. The van der Waals surface area contributed by atoms with Crippen molar-refractivity contribution in [2.75, 3.05) is 0 Å². The van der Waals surface area contributed by atoms with E-state index in [1.807, 2.05) is 0 Å². The van der Waals surface area contributed by atoms with Crippen LogP contribution in [-0.4, -0.2) is 0 Å². The molecular formula is C19H15Br. The minimum absolute atomic E-state index is 0.957. The van der Waals surface area contributed by atoms with Gasteiger partial charge in [0.25, 0.3) is 0 Å². The van der Waals surface area contributed by atoms with Crippen LogP contribution in [0.2, 0.25) is 0 Å². The van der Waals surface area contributed by atoms with Crippen molar-refractivity contribution in [2.24, 2.45) is 0 Å². The molecule has 3 aromatic carbocycles.